The number of nitrogens with zero attached hydrogens (tertiary/aromatic N) is 1. The van der Waals surface area contributed by atoms with E-state index < -0.39 is 16.0 Å². The second-order valence-corrected chi connectivity index (χ2v) is 9.10. The zero-order chi connectivity index (χ0) is 21.3. The minimum atomic E-state index is -3.66. The van der Waals surface area contributed by atoms with E-state index >= 15 is 0 Å². The van der Waals surface area contributed by atoms with Crippen LogP contribution in [0.2, 0.25) is 0 Å². The van der Waals surface area contributed by atoms with Gasteiger partial charge in [0.1, 0.15) is 0 Å². The standard InChI is InChI=1S/C22H26N2O4S/c1-14-11-15(2)21(16(3)12-14)29(26,27)23-17(4)13-24-10-9-18-19(22(25)28-5)7-6-8-20(18)24/h6-12,17,23H,13H2,1-5H3. The van der Waals surface area contributed by atoms with Crippen LogP contribution < -0.4 is 4.72 Å². The molecule has 3 rings (SSSR count). The summed E-state index contributed by atoms with van der Waals surface area (Å²) < 4.78 is 35.5. The Morgan fingerprint density at radius 3 is 2.41 bits per heavy atom. The lowest BCUT2D eigenvalue weighted by atomic mass is 10.1. The Kier molecular flexibility index (Phi) is 5.82. The van der Waals surface area contributed by atoms with Gasteiger partial charge in [-0.1, -0.05) is 23.8 Å². The molecule has 1 N–H and O–H groups in total. The van der Waals surface area contributed by atoms with E-state index in [1.54, 1.807) is 12.1 Å². The topological polar surface area (TPSA) is 77.4 Å². The van der Waals surface area contributed by atoms with Gasteiger partial charge in [-0.05, 0) is 57.0 Å². The highest BCUT2D eigenvalue weighted by Crippen LogP contribution is 2.23. The van der Waals surface area contributed by atoms with Gasteiger partial charge in [0.25, 0.3) is 0 Å². The SMILES string of the molecule is COC(=O)c1cccc2c1ccn2CC(C)NS(=O)(=O)c1c(C)cc(C)cc1C. The van der Waals surface area contributed by atoms with E-state index in [0.717, 1.165) is 27.6 Å². The third kappa shape index (κ3) is 4.21. The molecule has 0 bridgehead atoms. The van der Waals surface area contributed by atoms with Crippen molar-refractivity contribution < 1.29 is 17.9 Å². The largest absolute Gasteiger partial charge is 0.465 e. The molecule has 0 aliphatic heterocycles. The molecular weight excluding hydrogens is 388 g/mol. The number of aromatic nitrogens is 1. The second-order valence-electron chi connectivity index (χ2n) is 7.45. The number of benzene rings is 2. The first-order valence-electron chi connectivity index (χ1n) is 9.40. The van der Waals surface area contributed by atoms with Crippen LogP contribution in [0, 0.1) is 20.8 Å². The monoisotopic (exact) mass is 414 g/mol. The van der Waals surface area contributed by atoms with Crippen molar-refractivity contribution in [2.45, 2.75) is 45.2 Å². The molecule has 0 saturated heterocycles. The molecule has 1 aromatic heterocycles. The minimum absolute atomic E-state index is 0.334. The number of nitrogens with one attached hydrogen (secondary N) is 1. The van der Waals surface area contributed by atoms with Crippen LogP contribution in [0.3, 0.4) is 0 Å². The van der Waals surface area contributed by atoms with Gasteiger partial charge in [-0.3, -0.25) is 0 Å². The lowest BCUT2D eigenvalue weighted by Crippen LogP contribution is -2.36. The summed E-state index contributed by atoms with van der Waals surface area (Å²) >= 11 is 0. The van der Waals surface area contributed by atoms with E-state index in [9.17, 15) is 13.2 Å². The quantitative estimate of drug-likeness (QED) is 0.624. The fourth-order valence-electron chi connectivity index (χ4n) is 3.92. The zero-order valence-corrected chi connectivity index (χ0v) is 18.1. The molecule has 0 aliphatic carbocycles. The molecule has 3 aromatic rings. The number of sulfonamides is 1. The first-order chi connectivity index (χ1) is 13.6. The van der Waals surface area contributed by atoms with E-state index in [1.807, 2.05) is 62.7 Å². The first-order valence-corrected chi connectivity index (χ1v) is 10.9. The van der Waals surface area contributed by atoms with Crippen LogP contribution in [-0.4, -0.2) is 32.1 Å². The van der Waals surface area contributed by atoms with Gasteiger partial charge in [0.15, 0.2) is 0 Å². The van der Waals surface area contributed by atoms with Crippen molar-refractivity contribution in [1.82, 2.24) is 9.29 Å². The smallest absolute Gasteiger partial charge is 0.338 e. The summed E-state index contributed by atoms with van der Waals surface area (Å²) in [5, 5.41) is 0.777. The van der Waals surface area contributed by atoms with Crippen LogP contribution in [-0.2, 0) is 21.3 Å². The van der Waals surface area contributed by atoms with Crippen LogP contribution in [0.5, 0.6) is 0 Å². The predicted molar refractivity (Wildman–Crippen MR) is 114 cm³/mol. The maximum absolute atomic E-state index is 13.0. The average molecular weight is 415 g/mol. The summed E-state index contributed by atoms with van der Waals surface area (Å²) in [7, 11) is -2.31. The Balaban J connectivity index is 1.86. The number of hydrogen-bond donors (Lipinski definition) is 1. The third-order valence-corrected chi connectivity index (χ3v) is 6.81. The Labute approximate surface area is 171 Å². The minimum Gasteiger partial charge on any atom is -0.465 e. The van der Waals surface area contributed by atoms with E-state index in [2.05, 4.69) is 4.72 Å². The van der Waals surface area contributed by atoms with Crippen molar-refractivity contribution >= 4 is 26.9 Å². The Hall–Kier alpha value is -2.64. The molecule has 0 spiro atoms. The van der Waals surface area contributed by atoms with Gasteiger partial charge < -0.3 is 9.30 Å². The molecular formula is C22H26N2O4S. The van der Waals surface area contributed by atoms with Crippen LogP contribution in [0.15, 0.2) is 47.5 Å². The van der Waals surface area contributed by atoms with Gasteiger partial charge in [-0.2, -0.15) is 0 Å². The van der Waals surface area contributed by atoms with Crippen molar-refractivity contribution in [3.05, 3.63) is 64.8 Å². The number of methoxy groups -OCH3 is 1. The fourth-order valence-corrected chi connectivity index (χ4v) is 5.61. The normalized spacial score (nSPS) is 12.9. The van der Waals surface area contributed by atoms with Crippen molar-refractivity contribution in [2.75, 3.05) is 7.11 Å². The Bertz CT molecular complexity index is 1160. The maximum Gasteiger partial charge on any atom is 0.338 e. The van der Waals surface area contributed by atoms with E-state index in [4.69, 9.17) is 4.74 Å². The molecule has 7 heteroatoms. The van der Waals surface area contributed by atoms with Gasteiger partial charge in [0, 0.05) is 29.7 Å². The molecule has 2 aromatic carbocycles. The number of aryl methyl sites for hydroxylation is 3. The van der Waals surface area contributed by atoms with Crippen LogP contribution in [0.25, 0.3) is 10.9 Å². The summed E-state index contributed by atoms with van der Waals surface area (Å²) in [6, 6.07) is 10.7. The van der Waals surface area contributed by atoms with Crippen LogP contribution >= 0.6 is 0 Å². The molecule has 154 valence electrons. The molecule has 0 aliphatic rings. The lowest BCUT2D eigenvalue weighted by Gasteiger charge is -2.18. The number of carbonyl (C=O) groups excluding carboxylic acids is 1. The predicted octanol–water partition coefficient (Wildman–Crippen LogP) is 3.72. The van der Waals surface area contributed by atoms with Crippen molar-refractivity contribution in [1.29, 1.82) is 0 Å². The molecule has 6 nitrogen and oxygen atoms in total. The van der Waals surface area contributed by atoms with Gasteiger partial charge in [0.2, 0.25) is 10.0 Å². The summed E-state index contributed by atoms with van der Waals surface area (Å²) in [4.78, 5) is 12.3. The number of esters is 1. The van der Waals surface area contributed by atoms with Gasteiger partial charge in [-0.25, -0.2) is 17.9 Å². The lowest BCUT2D eigenvalue weighted by molar-refractivity contribution is 0.0603. The molecule has 1 atom stereocenters. The molecule has 1 unspecified atom stereocenters. The summed E-state index contributed by atoms with van der Waals surface area (Å²) in [5.41, 5.74) is 3.84. The fraction of sp³-hybridized carbons (Fsp3) is 0.318. The number of hydrogen-bond acceptors (Lipinski definition) is 4. The Morgan fingerprint density at radius 1 is 1.14 bits per heavy atom. The molecule has 0 fully saturated rings. The molecule has 0 saturated carbocycles. The van der Waals surface area contributed by atoms with Gasteiger partial charge >= 0.3 is 5.97 Å². The average Bonchev–Trinajstić information content (AvgIpc) is 3.02. The number of fused-ring (bicyclic) bond motifs is 1. The summed E-state index contributed by atoms with van der Waals surface area (Å²) in [5.74, 6) is -0.396. The van der Waals surface area contributed by atoms with Gasteiger partial charge in [-0.15, -0.1) is 0 Å². The summed E-state index contributed by atoms with van der Waals surface area (Å²) in [6.07, 6.45) is 1.85. The number of carbonyl (C=O) groups is 1. The highest BCUT2D eigenvalue weighted by atomic mass is 32.2. The summed E-state index contributed by atoms with van der Waals surface area (Å²) in [6.45, 7) is 7.83. The van der Waals surface area contributed by atoms with Crippen molar-refractivity contribution in [2.24, 2.45) is 0 Å². The first kappa shape index (κ1) is 21.1. The second kappa shape index (κ2) is 8.00. The highest BCUT2D eigenvalue weighted by molar-refractivity contribution is 7.89. The van der Waals surface area contributed by atoms with Crippen molar-refractivity contribution in [3.8, 4) is 0 Å². The Morgan fingerprint density at radius 2 is 1.79 bits per heavy atom. The zero-order valence-electron chi connectivity index (χ0n) is 17.3. The number of ether oxygens (including phenoxy) is 1. The van der Waals surface area contributed by atoms with E-state index in [-0.39, 0.29) is 6.04 Å². The molecule has 0 amide bonds. The molecule has 29 heavy (non-hydrogen) atoms. The van der Waals surface area contributed by atoms with Gasteiger partial charge in [0.05, 0.1) is 17.6 Å². The van der Waals surface area contributed by atoms with E-state index in [1.165, 1.54) is 7.11 Å². The van der Waals surface area contributed by atoms with E-state index in [0.29, 0.717) is 17.0 Å². The maximum atomic E-state index is 13.0. The van der Waals surface area contributed by atoms with Crippen molar-refractivity contribution in [3.63, 3.8) is 0 Å². The highest BCUT2D eigenvalue weighted by Gasteiger charge is 2.22. The third-order valence-electron chi connectivity index (χ3n) is 4.92. The molecule has 1 heterocycles. The van der Waals surface area contributed by atoms with Crippen LogP contribution in [0.1, 0.15) is 34.0 Å². The molecule has 0 radical (unpaired) electrons. The van der Waals surface area contributed by atoms with Crippen LogP contribution in [0.4, 0.5) is 0 Å². The number of rotatable bonds is 6.